The fraction of sp³-hybridized carbons (Fsp3) is 0.381. The molecule has 2 aromatic rings. The quantitative estimate of drug-likeness (QED) is 0.733. The number of likely N-dealkylation sites (tertiary alicyclic amines) is 1. The van der Waals surface area contributed by atoms with E-state index in [1.165, 1.54) is 12.1 Å². The number of β-amino-alcohol motifs (C(OH)–C–C–N with tert-alkyl or cyclic N) is 1. The van der Waals surface area contributed by atoms with Gasteiger partial charge in [0.1, 0.15) is 11.6 Å². The SMILES string of the molecule is O=C(N[C@@H]1CCN(CCCOc2ccc(F)cc2)C[C@@H]1O)c1ccccc1. The monoisotopic (exact) mass is 372 g/mol. The molecular weight excluding hydrogens is 347 g/mol. The van der Waals surface area contributed by atoms with E-state index in [2.05, 4.69) is 10.2 Å². The van der Waals surface area contributed by atoms with Gasteiger partial charge in [0.2, 0.25) is 0 Å². The highest BCUT2D eigenvalue weighted by molar-refractivity contribution is 5.94. The Morgan fingerprint density at radius 1 is 1.19 bits per heavy atom. The van der Waals surface area contributed by atoms with Crippen LogP contribution in [0.1, 0.15) is 23.2 Å². The number of aliphatic hydroxyl groups is 1. The summed E-state index contributed by atoms with van der Waals surface area (Å²) in [7, 11) is 0. The van der Waals surface area contributed by atoms with Gasteiger partial charge in [0.25, 0.3) is 5.91 Å². The number of carbonyl (C=O) groups is 1. The maximum absolute atomic E-state index is 12.8. The van der Waals surface area contributed by atoms with Gasteiger partial charge >= 0.3 is 0 Å². The molecule has 3 rings (SSSR count). The van der Waals surface area contributed by atoms with E-state index in [0.717, 1.165) is 19.5 Å². The minimum atomic E-state index is -0.593. The number of ether oxygens (including phenoxy) is 1. The van der Waals surface area contributed by atoms with Gasteiger partial charge in [0.05, 0.1) is 18.8 Å². The van der Waals surface area contributed by atoms with Gasteiger partial charge in [-0.15, -0.1) is 0 Å². The minimum absolute atomic E-state index is 0.152. The van der Waals surface area contributed by atoms with Crippen LogP contribution in [0.3, 0.4) is 0 Å². The summed E-state index contributed by atoms with van der Waals surface area (Å²) in [5.74, 6) is 0.220. The van der Waals surface area contributed by atoms with Crippen LogP contribution in [-0.2, 0) is 0 Å². The van der Waals surface area contributed by atoms with E-state index in [0.29, 0.717) is 30.9 Å². The van der Waals surface area contributed by atoms with Gasteiger partial charge < -0.3 is 20.1 Å². The number of halogens is 1. The van der Waals surface area contributed by atoms with Crippen molar-refractivity contribution in [2.45, 2.75) is 25.0 Å². The van der Waals surface area contributed by atoms with Crippen LogP contribution in [0.15, 0.2) is 54.6 Å². The molecule has 2 N–H and O–H groups in total. The standard InChI is InChI=1S/C21H25FN2O3/c22-17-7-9-18(10-8-17)27-14-4-12-24-13-11-19(20(25)15-24)23-21(26)16-5-2-1-3-6-16/h1-3,5-10,19-20,25H,4,11-15H2,(H,23,26)/t19-,20+/m1/s1. The summed E-state index contributed by atoms with van der Waals surface area (Å²) in [5.41, 5.74) is 0.602. The van der Waals surface area contributed by atoms with Gasteiger partial charge in [0, 0.05) is 25.2 Å². The summed E-state index contributed by atoms with van der Waals surface area (Å²) in [4.78, 5) is 14.4. The molecule has 0 saturated carbocycles. The van der Waals surface area contributed by atoms with Gasteiger partial charge in [-0.25, -0.2) is 4.39 Å². The second-order valence-electron chi connectivity index (χ2n) is 6.76. The van der Waals surface area contributed by atoms with Gasteiger partial charge in [0.15, 0.2) is 0 Å². The summed E-state index contributed by atoms with van der Waals surface area (Å²) < 4.78 is 18.4. The van der Waals surface area contributed by atoms with Crippen molar-refractivity contribution in [2.75, 3.05) is 26.2 Å². The third kappa shape index (κ3) is 5.77. The second kappa shape index (κ2) is 9.48. The van der Waals surface area contributed by atoms with Crippen LogP contribution in [0.5, 0.6) is 5.75 Å². The number of hydrogen-bond acceptors (Lipinski definition) is 4. The van der Waals surface area contributed by atoms with E-state index in [1.54, 1.807) is 24.3 Å². The fourth-order valence-electron chi connectivity index (χ4n) is 3.22. The molecule has 0 aliphatic carbocycles. The normalized spacial score (nSPS) is 20.2. The molecule has 1 heterocycles. The number of rotatable bonds is 7. The van der Waals surface area contributed by atoms with Crippen molar-refractivity contribution in [3.8, 4) is 5.75 Å². The fourth-order valence-corrected chi connectivity index (χ4v) is 3.22. The number of nitrogens with zero attached hydrogens (tertiary/aromatic N) is 1. The van der Waals surface area contributed by atoms with Crippen molar-refractivity contribution in [3.05, 3.63) is 66.0 Å². The predicted molar refractivity (Wildman–Crippen MR) is 101 cm³/mol. The molecule has 0 aromatic heterocycles. The predicted octanol–water partition coefficient (Wildman–Crippen LogP) is 2.46. The number of carbonyl (C=O) groups excluding carboxylic acids is 1. The van der Waals surface area contributed by atoms with E-state index in [9.17, 15) is 14.3 Å². The maximum atomic E-state index is 12.8. The maximum Gasteiger partial charge on any atom is 0.251 e. The van der Waals surface area contributed by atoms with Crippen LogP contribution in [0.25, 0.3) is 0 Å². The highest BCUT2D eigenvalue weighted by Gasteiger charge is 2.28. The Morgan fingerprint density at radius 2 is 1.93 bits per heavy atom. The van der Waals surface area contributed by atoms with Gasteiger partial charge in [-0.1, -0.05) is 18.2 Å². The van der Waals surface area contributed by atoms with Gasteiger partial charge in [-0.3, -0.25) is 4.79 Å². The second-order valence-corrected chi connectivity index (χ2v) is 6.76. The largest absolute Gasteiger partial charge is 0.494 e. The lowest BCUT2D eigenvalue weighted by molar-refractivity contribution is 0.0363. The topological polar surface area (TPSA) is 61.8 Å². The first-order chi connectivity index (χ1) is 13.1. The third-order valence-electron chi connectivity index (χ3n) is 4.72. The van der Waals surface area contributed by atoms with Gasteiger partial charge in [-0.2, -0.15) is 0 Å². The Labute approximate surface area is 158 Å². The van der Waals surface area contributed by atoms with E-state index >= 15 is 0 Å². The Kier molecular flexibility index (Phi) is 6.79. The molecule has 0 bridgehead atoms. The van der Waals surface area contributed by atoms with Crippen molar-refractivity contribution in [1.82, 2.24) is 10.2 Å². The smallest absolute Gasteiger partial charge is 0.251 e. The average molecular weight is 372 g/mol. The molecule has 1 amide bonds. The highest BCUT2D eigenvalue weighted by atomic mass is 19.1. The van der Waals surface area contributed by atoms with Crippen LogP contribution in [-0.4, -0.2) is 54.3 Å². The van der Waals surface area contributed by atoms with E-state index in [-0.39, 0.29) is 17.8 Å². The molecule has 1 fully saturated rings. The lowest BCUT2D eigenvalue weighted by Crippen LogP contribution is -2.54. The first-order valence-corrected chi connectivity index (χ1v) is 9.26. The van der Waals surface area contributed by atoms with Crippen molar-refractivity contribution in [1.29, 1.82) is 0 Å². The Bertz CT molecular complexity index is 724. The number of hydrogen-bond donors (Lipinski definition) is 2. The zero-order valence-corrected chi connectivity index (χ0v) is 15.2. The molecule has 0 radical (unpaired) electrons. The van der Waals surface area contributed by atoms with Crippen molar-refractivity contribution < 1.29 is 19.0 Å². The molecular formula is C21H25FN2O3. The lowest BCUT2D eigenvalue weighted by atomic mass is 10.0. The number of benzene rings is 2. The van der Waals surface area contributed by atoms with Crippen LogP contribution >= 0.6 is 0 Å². The van der Waals surface area contributed by atoms with Crippen molar-refractivity contribution in [2.24, 2.45) is 0 Å². The van der Waals surface area contributed by atoms with Crippen molar-refractivity contribution >= 4 is 5.91 Å². The summed E-state index contributed by atoms with van der Waals surface area (Å²) in [6.07, 6.45) is 0.924. The molecule has 144 valence electrons. The molecule has 0 spiro atoms. The molecule has 1 aliphatic rings. The summed E-state index contributed by atoms with van der Waals surface area (Å²) in [6.45, 7) is 2.67. The number of amides is 1. The minimum Gasteiger partial charge on any atom is -0.494 e. The first kappa shape index (κ1) is 19.3. The number of aliphatic hydroxyl groups excluding tert-OH is 1. The number of nitrogens with one attached hydrogen (secondary N) is 1. The van der Waals surface area contributed by atoms with Crippen molar-refractivity contribution in [3.63, 3.8) is 0 Å². The highest BCUT2D eigenvalue weighted by Crippen LogP contribution is 2.14. The molecule has 27 heavy (non-hydrogen) atoms. The summed E-state index contributed by atoms with van der Waals surface area (Å²) in [5, 5.41) is 13.3. The molecule has 0 unspecified atom stereocenters. The van der Waals surface area contributed by atoms with E-state index in [1.807, 2.05) is 18.2 Å². The Morgan fingerprint density at radius 3 is 2.63 bits per heavy atom. The molecule has 6 heteroatoms. The number of piperidine rings is 1. The van der Waals surface area contributed by atoms with E-state index in [4.69, 9.17) is 4.74 Å². The molecule has 2 atom stereocenters. The Balaban J connectivity index is 1.37. The molecule has 1 saturated heterocycles. The molecule has 5 nitrogen and oxygen atoms in total. The van der Waals surface area contributed by atoms with Crippen LogP contribution in [0.4, 0.5) is 4.39 Å². The lowest BCUT2D eigenvalue weighted by Gasteiger charge is -2.36. The molecule has 2 aromatic carbocycles. The van der Waals surface area contributed by atoms with Crippen LogP contribution < -0.4 is 10.1 Å². The third-order valence-corrected chi connectivity index (χ3v) is 4.72. The van der Waals surface area contributed by atoms with Gasteiger partial charge in [-0.05, 0) is 49.2 Å². The zero-order chi connectivity index (χ0) is 19.1. The summed E-state index contributed by atoms with van der Waals surface area (Å²) >= 11 is 0. The van der Waals surface area contributed by atoms with Crippen LogP contribution in [0.2, 0.25) is 0 Å². The zero-order valence-electron chi connectivity index (χ0n) is 15.2. The summed E-state index contributed by atoms with van der Waals surface area (Å²) in [6, 6.07) is 14.8. The van der Waals surface area contributed by atoms with Crippen LogP contribution in [0, 0.1) is 5.82 Å². The first-order valence-electron chi connectivity index (χ1n) is 9.26. The molecule has 1 aliphatic heterocycles. The Hall–Kier alpha value is -2.44. The van der Waals surface area contributed by atoms with E-state index < -0.39 is 6.10 Å². The average Bonchev–Trinajstić information content (AvgIpc) is 2.69.